The van der Waals surface area contributed by atoms with Gasteiger partial charge in [-0.25, -0.2) is 18.7 Å². The van der Waals surface area contributed by atoms with Crippen LogP contribution in [0.15, 0.2) is 24.5 Å². The number of nitrogen functional groups attached to an aromatic ring is 1. The largest absolute Gasteiger partial charge is 0.494 e. The molecule has 4 heterocycles. The summed E-state index contributed by atoms with van der Waals surface area (Å²) in [6.07, 6.45) is 2.58. The SMILES string of the molecule is COc1cc(F)cc2c1nc(N)n1nc([C@@H]3C[C@H](F)CN(c4cnn(CC(C)(C)O)c4)C3)nc21. The van der Waals surface area contributed by atoms with Crippen LogP contribution in [0.1, 0.15) is 32.0 Å². The minimum Gasteiger partial charge on any atom is -0.494 e. The summed E-state index contributed by atoms with van der Waals surface area (Å²) >= 11 is 0. The van der Waals surface area contributed by atoms with Crippen LogP contribution in [0, 0.1) is 5.82 Å². The van der Waals surface area contributed by atoms with Crippen molar-refractivity contribution in [2.75, 3.05) is 30.8 Å². The molecule has 0 radical (unpaired) electrons. The van der Waals surface area contributed by atoms with E-state index >= 15 is 0 Å². The van der Waals surface area contributed by atoms with E-state index in [1.165, 1.54) is 23.8 Å². The number of methoxy groups -OCH3 is 1. The topological polar surface area (TPSA) is 120 Å². The van der Waals surface area contributed by atoms with Gasteiger partial charge in [-0.05, 0) is 26.3 Å². The number of halogens is 2. The van der Waals surface area contributed by atoms with E-state index in [0.29, 0.717) is 35.5 Å². The molecular formula is C22H26F2N8O2. The van der Waals surface area contributed by atoms with E-state index in [1.54, 1.807) is 30.9 Å². The zero-order valence-corrected chi connectivity index (χ0v) is 19.1. The van der Waals surface area contributed by atoms with Gasteiger partial charge in [0.15, 0.2) is 11.5 Å². The van der Waals surface area contributed by atoms with Crippen LogP contribution in [0.25, 0.3) is 16.6 Å². The average molecular weight is 473 g/mol. The Morgan fingerprint density at radius 3 is 2.79 bits per heavy atom. The number of alkyl halides is 1. The number of rotatable bonds is 5. The molecule has 1 aromatic carbocycles. The van der Waals surface area contributed by atoms with Crippen molar-refractivity contribution in [3.05, 3.63) is 36.2 Å². The Labute approximate surface area is 194 Å². The lowest BCUT2D eigenvalue weighted by atomic mass is 9.96. The van der Waals surface area contributed by atoms with Gasteiger partial charge in [-0.2, -0.15) is 9.61 Å². The van der Waals surface area contributed by atoms with Gasteiger partial charge in [-0.1, -0.05) is 0 Å². The zero-order valence-electron chi connectivity index (χ0n) is 19.1. The van der Waals surface area contributed by atoms with Gasteiger partial charge < -0.3 is 20.5 Å². The number of hydrogen-bond acceptors (Lipinski definition) is 8. The van der Waals surface area contributed by atoms with Gasteiger partial charge in [0.25, 0.3) is 0 Å². The lowest BCUT2D eigenvalue weighted by Gasteiger charge is -2.34. The van der Waals surface area contributed by atoms with Gasteiger partial charge in [0.1, 0.15) is 23.3 Å². The number of anilines is 2. The molecule has 5 rings (SSSR count). The number of fused-ring (bicyclic) bond motifs is 3. The lowest BCUT2D eigenvalue weighted by Crippen LogP contribution is -2.41. The molecule has 10 nitrogen and oxygen atoms in total. The van der Waals surface area contributed by atoms with E-state index in [1.807, 2.05) is 4.90 Å². The molecule has 1 aliphatic heterocycles. The zero-order chi connectivity index (χ0) is 24.2. The fraction of sp³-hybridized carbons (Fsp3) is 0.455. The highest BCUT2D eigenvalue weighted by Gasteiger charge is 2.32. The normalized spacial score (nSPS) is 19.3. The first-order valence-corrected chi connectivity index (χ1v) is 10.9. The summed E-state index contributed by atoms with van der Waals surface area (Å²) < 4.78 is 37.2. The Morgan fingerprint density at radius 1 is 1.26 bits per heavy atom. The Balaban J connectivity index is 1.50. The van der Waals surface area contributed by atoms with Gasteiger partial charge in [-0.15, -0.1) is 5.10 Å². The lowest BCUT2D eigenvalue weighted by molar-refractivity contribution is 0.0577. The summed E-state index contributed by atoms with van der Waals surface area (Å²) in [5, 5.41) is 19.2. The molecule has 0 amide bonds. The van der Waals surface area contributed by atoms with E-state index in [0.717, 1.165) is 5.69 Å². The maximum absolute atomic E-state index is 14.8. The second-order valence-electron chi connectivity index (χ2n) is 9.32. The molecule has 12 heteroatoms. The summed E-state index contributed by atoms with van der Waals surface area (Å²) in [6.45, 7) is 4.39. The van der Waals surface area contributed by atoms with Gasteiger partial charge in [-0.3, -0.25) is 4.68 Å². The van der Waals surface area contributed by atoms with Crippen molar-refractivity contribution in [3.8, 4) is 5.75 Å². The Hall–Kier alpha value is -3.54. The first-order chi connectivity index (χ1) is 16.1. The molecule has 180 valence electrons. The number of hydrogen-bond donors (Lipinski definition) is 2. The third-order valence-corrected chi connectivity index (χ3v) is 5.87. The molecule has 0 aliphatic carbocycles. The van der Waals surface area contributed by atoms with E-state index in [9.17, 15) is 13.9 Å². The average Bonchev–Trinajstić information content (AvgIpc) is 3.40. The Morgan fingerprint density at radius 2 is 2.06 bits per heavy atom. The minimum absolute atomic E-state index is 0.0727. The molecule has 1 aliphatic rings. The maximum atomic E-state index is 14.8. The fourth-order valence-corrected chi connectivity index (χ4v) is 4.45. The fourth-order valence-electron chi connectivity index (χ4n) is 4.45. The third kappa shape index (κ3) is 4.09. The van der Waals surface area contributed by atoms with Crippen LogP contribution in [0.3, 0.4) is 0 Å². The molecule has 0 unspecified atom stereocenters. The Bertz CT molecular complexity index is 1360. The predicted molar refractivity (Wildman–Crippen MR) is 122 cm³/mol. The molecule has 0 spiro atoms. The minimum atomic E-state index is -1.10. The Kier molecular flexibility index (Phi) is 5.27. The van der Waals surface area contributed by atoms with Crippen LogP contribution >= 0.6 is 0 Å². The second-order valence-corrected chi connectivity index (χ2v) is 9.32. The molecule has 34 heavy (non-hydrogen) atoms. The molecule has 2 atom stereocenters. The van der Waals surface area contributed by atoms with E-state index in [-0.39, 0.29) is 30.6 Å². The van der Waals surface area contributed by atoms with Crippen molar-refractivity contribution in [1.29, 1.82) is 0 Å². The smallest absolute Gasteiger partial charge is 0.223 e. The summed E-state index contributed by atoms with van der Waals surface area (Å²) in [5.74, 6) is -0.113. The molecular weight excluding hydrogens is 446 g/mol. The van der Waals surface area contributed by atoms with Gasteiger partial charge in [0.2, 0.25) is 5.95 Å². The van der Waals surface area contributed by atoms with Crippen molar-refractivity contribution in [2.45, 2.75) is 44.5 Å². The summed E-state index contributed by atoms with van der Waals surface area (Å²) in [5.41, 5.74) is 6.65. The highest BCUT2D eigenvalue weighted by molar-refractivity contribution is 5.95. The molecule has 3 N–H and O–H groups in total. The highest BCUT2D eigenvalue weighted by Crippen LogP contribution is 2.33. The number of aliphatic hydroxyl groups is 1. The summed E-state index contributed by atoms with van der Waals surface area (Å²) in [4.78, 5) is 10.8. The van der Waals surface area contributed by atoms with Crippen LogP contribution in [-0.4, -0.2) is 66.4 Å². The van der Waals surface area contributed by atoms with Crippen molar-refractivity contribution in [2.24, 2.45) is 0 Å². The van der Waals surface area contributed by atoms with Crippen molar-refractivity contribution < 1.29 is 18.6 Å². The first-order valence-electron chi connectivity index (χ1n) is 10.9. The van der Waals surface area contributed by atoms with E-state index in [4.69, 9.17) is 10.5 Å². The number of aromatic nitrogens is 6. The maximum Gasteiger partial charge on any atom is 0.223 e. The second kappa shape index (κ2) is 8.05. The highest BCUT2D eigenvalue weighted by atomic mass is 19.1. The molecule has 0 saturated carbocycles. The molecule has 3 aromatic heterocycles. The molecule has 1 saturated heterocycles. The van der Waals surface area contributed by atoms with E-state index < -0.39 is 17.6 Å². The number of nitrogens with two attached hydrogens (primary N) is 1. The van der Waals surface area contributed by atoms with Crippen molar-refractivity contribution in [1.82, 2.24) is 29.4 Å². The monoisotopic (exact) mass is 472 g/mol. The first kappa shape index (κ1) is 22.3. The van der Waals surface area contributed by atoms with Crippen LogP contribution in [0.4, 0.5) is 20.4 Å². The van der Waals surface area contributed by atoms with Crippen LogP contribution in [0.2, 0.25) is 0 Å². The molecule has 0 bridgehead atoms. The standard InChI is InChI=1S/C22H26F2N8O2/c1-22(2,33)11-31-10-15(7-26-31)30-8-12(4-14(24)9-30)19-28-20-16-5-13(23)6-17(34-3)18(16)27-21(25)32(20)29-19/h5-7,10,12,14,33H,4,8-9,11H2,1-3H3,(H2,25,27)/t12-,14+/m1/s1. The molecule has 4 aromatic rings. The van der Waals surface area contributed by atoms with Crippen LogP contribution in [-0.2, 0) is 6.54 Å². The van der Waals surface area contributed by atoms with Crippen LogP contribution < -0.4 is 15.4 Å². The van der Waals surface area contributed by atoms with E-state index in [2.05, 4.69) is 20.2 Å². The number of benzene rings is 1. The number of piperidine rings is 1. The van der Waals surface area contributed by atoms with Crippen molar-refractivity contribution in [3.63, 3.8) is 0 Å². The van der Waals surface area contributed by atoms with Gasteiger partial charge >= 0.3 is 0 Å². The van der Waals surface area contributed by atoms with Gasteiger partial charge in [0, 0.05) is 31.3 Å². The third-order valence-electron chi connectivity index (χ3n) is 5.87. The van der Waals surface area contributed by atoms with Gasteiger partial charge in [0.05, 0.1) is 36.5 Å². The summed E-state index contributed by atoms with van der Waals surface area (Å²) in [7, 11) is 1.42. The predicted octanol–water partition coefficient (Wildman–Crippen LogP) is 2.31. The quantitative estimate of drug-likeness (QED) is 0.454. The van der Waals surface area contributed by atoms with Crippen molar-refractivity contribution >= 4 is 28.2 Å². The number of ether oxygens (including phenoxy) is 1. The molecule has 1 fully saturated rings. The van der Waals surface area contributed by atoms with Crippen LogP contribution in [0.5, 0.6) is 5.75 Å². The number of nitrogens with zero attached hydrogens (tertiary/aromatic N) is 7. The summed E-state index contributed by atoms with van der Waals surface area (Å²) in [6, 6.07) is 2.54.